The van der Waals surface area contributed by atoms with Gasteiger partial charge in [-0.1, -0.05) is 24.3 Å². The molecule has 0 aromatic heterocycles. The average molecular weight is 311 g/mol. The number of ketones is 1. The van der Waals surface area contributed by atoms with Gasteiger partial charge in [-0.05, 0) is 19.9 Å². The van der Waals surface area contributed by atoms with Crippen molar-refractivity contribution >= 4 is 25.0 Å². The molecule has 1 N–H and O–H groups in total. The second-order valence-electron chi connectivity index (χ2n) is 3.72. The summed E-state index contributed by atoms with van der Waals surface area (Å²) in [6.45, 7) is 7.13. The predicted molar refractivity (Wildman–Crippen MR) is 75.5 cm³/mol. The Balaban J connectivity index is 4.42. The van der Waals surface area contributed by atoms with Gasteiger partial charge in [0.2, 0.25) is 0 Å². The Labute approximate surface area is 118 Å². The molecule has 19 heavy (non-hydrogen) atoms. The average Bonchev–Trinajstić information content (AvgIpc) is 2.26. The lowest BCUT2D eigenvalue weighted by Gasteiger charge is -2.16. The molecule has 0 saturated carbocycles. The topological polar surface area (TPSA) is 72.8 Å². The third kappa shape index (κ3) is 9.14. The van der Waals surface area contributed by atoms with Gasteiger partial charge in [0, 0.05) is 11.5 Å². The quantitative estimate of drug-likeness (QED) is 0.496. The van der Waals surface area contributed by atoms with Crippen LogP contribution in [0.5, 0.6) is 0 Å². The monoisotopic (exact) mass is 310 g/mol. The Bertz CT molecular complexity index is 370. The zero-order chi connectivity index (χ0) is 14.9. The van der Waals surface area contributed by atoms with Crippen LogP contribution in [0, 0.1) is 0 Å². The Morgan fingerprint density at radius 1 is 1.42 bits per heavy atom. The number of halogens is 1. The van der Waals surface area contributed by atoms with E-state index in [9.17, 15) is 14.5 Å². The number of Topliss-reactive ketones (excluding diaryl/α,β-unsaturated/α-hetero) is 1. The van der Waals surface area contributed by atoms with Crippen molar-refractivity contribution in [1.82, 2.24) is 0 Å². The van der Waals surface area contributed by atoms with Crippen molar-refractivity contribution in [3.63, 3.8) is 0 Å². The van der Waals surface area contributed by atoms with Crippen LogP contribution >= 0.6 is 19.2 Å². The third-order valence-electron chi connectivity index (χ3n) is 1.96. The van der Waals surface area contributed by atoms with Gasteiger partial charge < -0.3 is 14.2 Å². The van der Waals surface area contributed by atoms with Gasteiger partial charge in [-0.15, -0.1) is 0 Å². The molecule has 0 aromatic carbocycles. The van der Waals surface area contributed by atoms with Crippen molar-refractivity contribution in [2.24, 2.45) is 0 Å². The summed E-state index contributed by atoms with van der Waals surface area (Å²) >= 11 is 5.49. The van der Waals surface area contributed by atoms with Crippen molar-refractivity contribution in [3.05, 3.63) is 23.8 Å². The van der Waals surface area contributed by atoms with Crippen LogP contribution in [0.4, 0.5) is 0 Å². The number of carbonyl (C=O) groups excluding carboxylic acids is 1. The molecule has 0 unspecified atom stereocenters. The lowest BCUT2D eigenvalue weighted by molar-refractivity contribution is -0.118. The number of aliphatic hydroxyl groups is 1. The van der Waals surface area contributed by atoms with E-state index in [1.54, 1.807) is 13.8 Å². The van der Waals surface area contributed by atoms with Gasteiger partial charge in [-0.3, -0.25) is 9.36 Å². The van der Waals surface area contributed by atoms with Gasteiger partial charge in [-0.25, -0.2) is 0 Å². The van der Waals surface area contributed by atoms with Gasteiger partial charge in [-0.2, -0.15) is 0 Å². The fraction of sp³-hybridized carbons (Fsp3) is 0.583. The van der Waals surface area contributed by atoms with E-state index in [4.69, 9.17) is 20.6 Å². The normalized spacial score (nSPS) is 13.7. The van der Waals surface area contributed by atoms with Crippen molar-refractivity contribution in [2.75, 3.05) is 19.4 Å². The van der Waals surface area contributed by atoms with Crippen molar-refractivity contribution in [1.29, 1.82) is 0 Å². The number of carbonyl (C=O) groups is 1. The summed E-state index contributed by atoms with van der Waals surface area (Å²) in [6, 6.07) is 0. The molecule has 0 radical (unpaired) electrons. The van der Waals surface area contributed by atoms with Gasteiger partial charge in [0.15, 0.2) is 0 Å². The van der Waals surface area contributed by atoms with Crippen molar-refractivity contribution in [2.45, 2.75) is 26.4 Å². The number of hydrogen-bond donors (Lipinski definition) is 1. The first kappa shape index (κ1) is 18.6. The molecule has 0 bridgehead atoms. The van der Waals surface area contributed by atoms with Gasteiger partial charge in [0.05, 0.1) is 19.3 Å². The molecule has 0 amide bonds. The number of rotatable bonds is 10. The van der Waals surface area contributed by atoms with Crippen LogP contribution in [0.2, 0.25) is 0 Å². The first-order valence-electron chi connectivity index (χ1n) is 5.93. The van der Waals surface area contributed by atoms with Crippen LogP contribution in [0.15, 0.2) is 23.8 Å². The SMILES string of the molecule is C=C(Cl)/C=C/[C@@H](O)CC(=O)CP(=O)(OCC)OCC. The molecular weight excluding hydrogens is 291 g/mol. The molecular formula is C12H20ClO5P. The van der Waals surface area contributed by atoms with E-state index in [-0.39, 0.29) is 30.8 Å². The maximum atomic E-state index is 12.1. The molecule has 0 aliphatic rings. The summed E-state index contributed by atoms with van der Waals surface area (Å²) in [7, 11) is -3.40. The van der Waals surface area contributed by atoms with Crippen LogP contribution in [-0.2, 0) is 18.4 Å². The Morgan fingerprint density at radius 3 is 2.37 bits per heavy atom. The largest absolute Gasteiger partial charge is 0.389 e. The minimum atomic E-state index is -3.40. The van der Waals surface area contributed by atoms with E-state index in [1.807, 2.05) is 0 Å². The van der Waals surface area contributed by atoms with E-state index >= 15 is 0 Å². The Hall–Kier alpha value is -0.450. The predicted octanol–water partition coefficient (Wildman–Crippen LogP) is 2.88. The minimum absolute atomic E-state index is 0.176. The lowest BCUT2D eigenvalue weighted by atomic mass is 10.2. The molecule has 0 saturated heterocycles. The molecule has 0 rings (SSSR count). The van der Waals surface area contributed by atoms with Crippen LogP contribution in [-0.4, -0.2) is 36.4 Å². The highest BCUT2D eigenvalue weighted by molar-refractivity contribution is 7.54. The number of aliphatic hydroxyl groups excluding tert-OH is 1. The zero-order valence-electron chi connectivity index (χ0n) is 11.2. The van der Waals surface area contributed by atoms with Crippen LogP contribution in [0.1, 0.15) is 20.3 Å². The molecule has 1 atom stereocenters. The molecule has 0 aromatic rings. The standard InChI is InChI=1S/C12H20ClO5P/c1-4-17-19(16,18-5-2)9-12(15)8-11(14)7-6-10(3)13/h6-7,11,14H,3-5,8-9H2,1-2H3/b7-6+/t11-/m1/s1. The highest BCUT2D eigenvalue weighted by Gasteiger charge is 2.27. The fourth-order valence-electron chi connectivity index (χ4n) is 1.32. The maximum absolute atomic E-state index is 12.1. The number of hydrogen-bond acceptors (Lipinski definition) is 5. The second kappa shape index (κ2) is 9.45. The molecule has 0 heterocycles. The number of allylic oxidation sites excluding steroid dienone is 2. The molecule has 0 spiro atoms. The Kier molecular flexibility index (Phi) is 9.23. The molecule has 0 aliphatic heterocycles. The van der Waals surface area contributed by atoms with Gasteiger partial charge in [0.1, 0.15) is 11.9 Å². The third-order valence-corrected chi connectivity index (χ3v) is 4.13. The summed E-state index contributed by atoms with van der Waals surface area (Å²) in [4.78, 5) is 11.7. The van der Waals surface area contributed by atoms with Crippen LogP contribution in [0.25, 0.3) is 0 Å². The summed E-state index contributed by atoms with van der Waals surface area (Å²) in [5.74, 6) is -0.400. The van der Waals surface area contributed by atoms with Gasteiger partial charge >= 0.3 is 7.60 Å². The fourth-order valence-corrected chi connectivity index (χ4v) is 3.00. The van der Waals surface area contributed by atoms with Crippen molar-refractivity contribution in [3.8, 4) is 0 Å². The van der Waals surface area contributed by atoms with E-state index in [0.717, 1.165) is 0 Å². The van der Waals surface area contributed by atoms with E-state index in [1.165, 1.54) is 12.2 Å². The molecule has 0 aliphatic carbocycles. The summed E-state index contributed by atoms with van der Waals surface area (Å²) < 4.78 is 22.1. The maximum Gasteiger partial charge on any atom is 0.338 e. The molecule has 110 valence electrons. The summed E-state index contributed by atoms with van der Waals surface area (Å²) in [5, 5.41) is 9.80. The van der Waals surface area contributed by atoms with Gasteiger partial charge in [0.25, 0.3) is 0 Å². The first-order valence-corrected chi connectivity index (χ1v) is 8.04. The molecule has 7 heteroatoms. The van der Waals surface area contributed by atoms with E-state index in [0.29, 0.717) is 0 Å². The minimum Gasteiger partial charge on any atom is -0.389 e. The lowest BCUT2D eigenvalue weighted by Crippen LogP contribution is -2.16. The highest BCUT2D eigenvalue weighted by atomic mass is 35.5. The molecule has 0 fully saturated rings. The van der Waals surface area contributed by atoms with Crippen LogP contribution < -0.4 is 0 Å². The summed E-state index contributed by atoms with van der Waals surface area (Å²) in [6.07, 6.45) is 1.22. The highest BCUT2D eigenvalue weighted by Crippen LogP contribution is 2.48. The first-order chi connectivity index (χ1) is 8.83. The Morgan fingerprint density at radius 2 is 1.95 bits per heavy atom. The molecule has 5 nitrogen and oxygen atoms in total. The van der Waals surface area contributed by atoms with E-state index < -0.39 is 19.5 Å². The zero-order valence-corrected chi connectivity index (χ0v) is 12.8. The van der Waals surface area contributed by atoms with E-state index in [2.05, 4.69) is 6.58 Å². The smallest absolute Gasteiger partial charge is 0.338 e. The van der Waals surface area contributed by atoms with Crippen LogP contribution in [0.3, 0.4) is 0 Å². The second-order valence-corrected chi connectivity index (χ2v) is 6.26. The van der Waals surface area contributed by atoms with Crippen molar-refractivity contribution < 1.29 is 23.5 Å². The summed E-state index contributed by atoms with van der Waals surface area (Å²) in [5.41, 5.74) is 0.